The first kappa shape index (κ1) is 20.9. The second-order valence-electron chi connectivity index (χ2n) is 7.48. The van der Waals surface area contributed by atoms with Crippen LogP contribution in [0.4, 0.5) is 5.69 Å². The van der Waals surface area contributed by atoms with Crippen LogP contribution in [0.2, 0.25) is 5.02 Å². The Hall–Kier alpha value is -3.31. The molecule has 6 heteroatoms. The molecule has 2 atom stereocenters. The highest BCUT2D eigenvalue weighted by Gasteiger charge is 2.36. The van der Waals surface area contributed by atoms with Gasteiger partial charge in [-0.15, -0.1) is 0 Å². The first-order chi connectivity index (χ1) is 15.1. The zero-order valence-corrected chi connectivity index (χ0v) is 17.9. The van der Waals surface area contributed by atoms with Crippen LogP contribution in [-0.4, -0.2) is 25.5 Å². The molecule has 0 spiro atoms. The molecule has 1 N–H and O–H groups in total. The molecule has 1 heterocycles. The van der Waals surface area contributed by atoms with Crippen molar-refractivity contribution in [2.24, 2.45) is 5.92 Å². The standard InChI is InChI=1S/C25H23ClN2O3/c1-31-20-13-11-18(12-14-20)24(17-7-3-2-4-8-17)27-25(30)19-15-23(29)28(16-19)22-10-6-5-9-21(22)26/h2-14,19,24H,15-16H2,1H3,(H,27,30). The molecule has 2 unspecified atom stereocenters. The number of hydrogen-bond acceptors (Lipinski definition) is 3. The number of methoxy groups -OCH3 is 1. The van der Waals surface area contributed by atoms with Gasteiger partial charge in [0.25, 0.3) is 0 Å². The Bertz CT molecular complexity index is 1070. The van der Waals surface area contributed by atoms with Gasteiger partial charge in [-0.2, -0.15) is 0 Å². The van der Waals surface area contributed by atoms with Crippen molar-refractivity contribution in [2.75, 3.05) is 18.6 Å². The molecule has 0 radical (unpaired) electrons. The summed E-state index contributed by atoms with van der Waals surface area (Å²) in [6.45, 7) is 0.304. The average molecular weight is 435 g/mol. The van der Waals surface area contributed by atoms with Crippen LogP contribution in [-0.2, 0) is 9.59 Å². The molecule has 1 saturated heterocycles. The SMILES string of the molecule is COc1ccc(C(NC(=O)C2CC(=O)N(c3ccccc3Cl)C2)c2ccccc2)cc1. The normalized spacial score (nSPS) is 16.8. The van der Waals surface area contributed by atoms with Crippen molar-refractivity contribution < 1.29 is 14.3 Å². The van der Waals surface area contributed by atoms with E-state index in [1.165, 1.54) is 0 Å². The molecule has 0 aliphatic carbocycles. The fraction of sp³-hybridized carbons (Fsp3) is 0.200. The highest BCUT2D eigenvalue weighted by atomic mass is 35.5. The predicted octanol–water partition coefficient (Wildman–Crippen LogP) is 4.61. The number of anilines is 1. The third kappa shape index (κ3) is 4.57. The lowest BCUT2D eigenvalue weighted by atomic mass is 9.97. The minimum absolute atomic E-state index is 0.103. The molecule has 2 amide bonds. The molecular formula is C25H23ClN2O3. The lowest BCUT2D eigenvalue weighted by Gasteiger charge is -2.22. The largest absolute Gasteiger partial charge is 0.497 e. The molecule has 3 aromatic rings. The number of hydrogen-bond donors (Lipinski definition) is 1. The molecule has 4 rings (SSSR count). The van der Waals surface area contributed by atoms with Crippen LogP contribution in [0.3, 0.4) is 0 Å². The van der Waals surface area contributed by atoms with Gasteiger partial charge in [-0.05, 0) is 35.4 Å². The number of ether oxygens (including phenoxy) is 1. The van der Waals surface area contributed by atoms with Crippen molar-refractivity contribution in [3.05, 3.63) is 95.0 Å². The van der Waals surface area contributed by atoms with E-state index in [0.29, 0.717) is 17.3 Å². The van der Waals surface area contributed by atoms with Gasteiger partial charge < -0.3 is 15.0 Å². The quantitative estimate of drug-likeness (QED) is 0.616. The van der Waals surface area contributed by atoms with Crippen molar-refractivity contribution in [3.8, 4) is 5.75 Å². The smallest absolute Gasteiger partial charge is 0.227 e. The lowest BCUT2D eigenvalue weighted by molar-refractivity contribution is -0.126. The molecule has 1 fully saturated rings. The molecule has 1 aliphatic rings. The van der Waals surface area contributed by atoms with Crippen LogP contribution in [0.1, 0.15) is 23.6 Å². The molecule has 158 valence electrons. The van der Waals surface area contributed by atoms with E-state index in [9.17, 15) is 9.59 Å². The zero-order valence-electron chi connectivity index (χ0n) is 17.1. The maximum Gasteiger partial charge on any atom is 0.227 e. The van der Waals surface area contributed by atoms with Gasteiger partial charge in [-0.25, -0.2) is 0 Å². The van der Waals surface area contributed by atoms with Crippen molar-refractivity contribution in [2.45, 2.75) is 12.5 Å². The summed E-state index contributed by atoms with van der Waals surface area (Å²) in [7, 11) is 1.62. The number of nitrogens with one attached hydrogen (secondary N) is 1. The van der Waals surface area contributed by atoms with E-state index in [0.717, 1.165) is 16.9 Å². The number of carbonyl (C=O) groups excluding carboxylic acids is 2. The second kappa shape index (κ2) is 9.23. The molecule has 0 aromatic heterocycles. The van der Waals surface area contributed by atoms with E-state index in [1.54, 1.807) is 24.1 Å². The van der Waals surface area contributed by atoms with E-state index in [-0.39, 0.29) is 24.3 Å². The molecule has 1 aliphatic heterocycles. The summed E-state index contributed by atoms with van der Waals surface area (Å²) < 4.78 is 5.25. The third-order valence-electron chi connectivity index (χ3n) is 5.51. The summed E-state index contributed by atoms with van der Waals surface area (Å²) in [6.07, 6.45) is 0.154. The van der Waals surface area contributed by atoms with Gasteiger partial charge in [0.05, 0.1) is 29.8 Å². The Kier molecular flexibility index (Phi) is 6.23. The average Bonchev–Trinajstić information content (AvgIpc) is 3.20. The summed E-state index contributed by atoms with van der Waals surface area (Å²) in [5.74, 6) is 0.0356. The zero-order chi connectivity index (χ0) is 21.8. The van der Waals surface area contributed by atoms with E-state index < -0.39 is 5.92 Å². The van der Waals surface area contributed by atoms with Crippen LogP contribution >= 0.6 is 11.6 Å². The van der Waals surface area contributed by atoms with Gasteiger partial charge in [0.15, 0.2) is 0 Å². The maximum absolute atomic E-state index is 13.2. The van der Waals surface area contributed by atoms with Gasteiger partial charge in [0.2, 0.25) is 11.8 Å². The Balaban J connectivity index is 1.55. The number of benzene rings is 3. The second-order valence-corrected chi connectivity index (χ2v) is 7.89. The number of para-hydroxylation sites is 1. The minimum Gasteiger partial charge on any atom is -0.497 e. The number of carbonyl (C=O) groups is 2. The van der Waals surface area contributed by atoms with Gasteiger partial charge >= 0.3 is 0 Å². The fourth-order valence-electron chi connectivity index (χ4n) is 3.85. The Morgan fingerprint density at radius 2 is 1.65 bits per heavy atom. The highest BCUT2D eigenvalue weighted by molar-refractivity contribution is 6.33. The van der Waals surface area contributed by atoms with Gasteiger partial charge in [-0.3, -0.25) is 9.59 Å². The van der Waals surface area contributed by atoms with Crippen LogP contribution in [0, 0.1) is 5.92 Å². The van der Waals surface area contributed by atoms with Gasteiger partial charge in [0, 0.05) is 13.0 Å². The van der Waals surface area contributed by atoms with E-state index in [1.807, 2.05) is 66.7 Å². The number of halogens is 1. The topological polar surface area (TPSA) is 58.6 Å². The fourth-order valence-corrected chi connectivity index (χ4v) is 4.09. The molecular weight excluding hydrogens is 412 g/mol. The third-order valence-corrected chi connectivity index (χ3v) is 5.83. The molecule has 5 nitrogen and oxygen atoms in total. The molecule has 0 saturated carbocycles. The van der Waals surface area contributed by atoms with Crippen molar-refractivity contribution in [1.29, 1.82) is 0 Å². The van der Waals surface area contributed by atoms with Crippen molar-refractivity contribution in [1.82, 2.24) is 5.32 Å². The van der Waals surface area contributed by atoms with Crippen LogP contribution in [0.15, 0.2) is 78.9 Å². The van der Waals surface area contributed by atoms with Crippen molar-refractivity contribution >= 4 is 29.1 Å². The van der Waals surface area contributed by atoms with Crippen LogP contribution in [0.25, 0.3) is 0 Å². The summed E-state index contributed by atoms with van der Waals surface area (Å²) in [4.78, 5) is 27.4. The summed E-state index contributed by atoms with van der Waals surface area (Å²) in [5, 5.41) is 3.64. The van der Waals surface area contributed by atoms with Gasteiger partial charge in [0.1, 0.15) is 5.75 Å². The van der Waals surface area contributed by atoms with E-state index >= 15 is 0 Å². The Morgan fingerprint density at radius 1 is 1.00 bits per heavy atom. The van der Waals surface area contributed by atoms with E-state index in [4.69, 9.17) is 16.3 Å². The molecule has 0 bridgehead atoms. The summed E-state index contributed by atoms with van der Waals surface area (Å²) in [6, 6.07) is 24.2. The first-order valence-electron chi connectivity index (χ1n) is 10.1. The van der Waals surface area contributed by atoms with Crippen molar-refractivity contribution in [3.63, 3.8) is 0 Å². The number of nitrogens with zero attached hydrogens (tertiary/aromatic N) is 1. The maximum atomic E-state index is 13.2. The number of rotatable bonds is 6. The first-order valence-corrected chi connectivity index (χ1v) is 10.5. The monoisotopic (exact) mass is 434 g/mol. The lowest BCUT2D eigenvalue weighted by Crippen LogP contribution is -2.36. The predicted molar refractivity (Wildman–Crippen MR) is 121 cm³/mol. The Labute approximate surface area is 186 Å². The molecule has 3 aromatic carbocycles. The summed E-state index contributed by atoms with van der Waals surface area (Å²) in [5.41, 5.74) is 2.54. The Morgan fingerprint density at radius 3 is 2.32 bits per heavy atom. The summed E-state index contributed by atoms with van der Waals surface area (Å²) >= 11 is 6.26. The van der Waals surface area contributed by atoms with Crippen LogP contribution < -0.4 is 15.0 Å². The minimum atomic E-state index is -0.451. The van der Waals surface area contributed by atoms with Crippen LogP contribution in [0.5, 0.6) is 5.75 Å². The number of amides is 2. The van der Waals surface area contributed by atoms with E-state index in [2.05, 4.69) is 5.32 Å². The van der Waals surface area contributed by atoms with Gasteiger partial charge in [-0.1, -0.05) is 66.2 Å². The highest BCUT2D eigenvalue weighted by Crippen LogP contribution is 2.32. The molecule has 31 heavy (non-hydrogen) atoms.